The first-order valence-corrected chi connectivity index (χ1v) is 9.81. The summed E-state index contributed by atoms with van der Waals surface area (Å²) in [6, 6.07) is 5.66. The Labute approximate surface area is 132 Å². The van der Waals surface area contributed by atoms with Crippen LogP contribution in [-0.2, 0) is 16.4 Å². The van der Waals surface area contributed by atoms with Crippen molar-refractivity contribution >= 4 is 15.7 Å². The number of sulfonamides is 1. The largest absolute Gasteiger partial charge is 0.387 e. The van der Waals surface area contributed by atoms with Crippen LogP contribution in [-0.4, -0.2) is 50.9 Å². The number of likely N-dealkylation sites (tertiary alicyclic amines) is 1. The maximum Gasteiger partial charge on any atom is 0.232 e. The lowest BCUT2D eigenvalue weighted by molar-refractivity contribution is 0.101. The zero-order valence-electron chi connectivity index (χ0n) is 13.0. The third-order valence-electron chi connectivity index (χ3n) is 4.62. The standard InChI is InChI=1S/C16H24N2O3S/c1-22(20,21)18-10-7-13-11-14(5-6-15(13)18)16(19)12-17-8-3-2-4-9-17/h5-6,11,16,19H,2-4,7-10,12H2,1H3. The number of hydrogen-bond donors (Lipinski definition) is 1. The van der Waals surface area contributed by atoms with Gasteiger partial charge in [0.25, 0.3) is 0 Å². The van der Waals surface area contributed by atoms with Crippen molar-refractivity contribution in [3.63, 3.8) is 0 Å². The highest BCUT2D eigenvalue weighted by molar-refractivity contribution is 7.92. The quantitative estimate of drug-likeness (QED) is 0.912. The zero-order valence-corrected chi connectivity index (χ0v) is 13.8. The Bertz CT molecular complexity index is 639. The topological polar surface area (TPSA) is 60.9 Å². The summed E-state index contributed by atoms with van der Waals surface area (Å²) in [7, 11) is -3.21. The molecule has 1 fully saturated rings. The number of aliphatic hydroxyl groups excluding tert-OH is 1. The number of nitrogens with zero attached hydrogens (tertiary/aromatic N) is 2. The highest BCUT2D eigenvalue weighted by atomic mass is 32.2. The van der Waals surface area contributed by atoms with Crippen LogP contribution < -0.4 is 4.31 Å². The Hall–Kier alpha value is -1.11. The average molecular weight is 324 g/mol. The van der Waals surface area contributed by atoms with Crippen molar-refractivity contribution in [2.75, 3.05) is 36.7 Å². The first-order chi connectivity index (χ1) is 10.4. The predicted octanol–water partition coefficient (Wildman–Crippen LogP) is 1.53. The average Bonchev–Trinajstić information content (AvgIpc) is 2.91. The summed E-state index contributed by atoms with van der Waals surface area (Å²) in [5, 5.41) is 10.5. The minimum atomic E-state index is -3.21. The molecular weight excluding hydrogens is 300 g/mol. The molecule has 0 amide bonds. The molecule has 5 nitrogen and oxygen atoms in total. The molecule has 2 heterocycles. The summed E-state index contributed by atoms with van der Waals surface area (Å²) < 4.78 is 24.9. The summed E-state index contributed by atoms with van der Waals surface area (Å²) in [5.74, 6) is 0. The second-order valence-corrected chi connectivity index (χ2v) is 8.26. The maximum atomic E-state index is 11.7. The van der Waals surface area contributed by atoms with Crippen molar-refractivity contribution in [1.82, 2.24) is 4.90 Å². The molecular formula is C16H24N2O3S. The monoisotopic (exact) mass is 324 g/mol. The van der Waals surface area contributed by atoms with E-state index in [-0.39, 0.29) is 0 Å². The molecule has 1 aromatic rings. The van der Waals surface area contributed by atoms with Gasteiger partial charge in [-0.25, -0.2) is 8.42 Å². The van der Waals surface area contributed by atoms with Gasteiger partial charge < -0.3 is 10.0 Å². The Balaban J connectivity index is 1.74. The third kappa shape index (κ3) is 3.29. The van der Waals surface area contributed by atoms with Crippen LogP contribution in [0.2, 0.25) is 0 Å². The number of β-amino-alcohol motifs (C(OH)–C–C–N with tert-alkyl or cyclic N) is 1. The fourth-order valence-corrected chi connectivity index (χ4v) is 4.39. The molecule has 122 valence electrons. The van der Waals surface area contributed by atoms with Crippen molar-refractivity contribution in [3.8, 4) is 0 Å². The molecule has 0 saturated carbocycles. The first kappa shape index (κ1) is 15.8. The van der Waals surface area contributed by atoms with Gasteiger partial charge >= 0.3 is 0 Å². The molecule has 0 bridgehead atoms. The van der Waals surface area contributed by atoms with Crippen LogP contribution in [0, 0.1) is 0 Å². The SMILES string of the molecule is CS(=O)(=O)N1CCc2cc(C(O)CN3CCCCC3)ccc21. The van der Waals surface area contributed by atoms with E-state index in [0.717, 1.165) is 29.9 Å². The van der Waals surface area contributed by atoms with Gasteiger partial charge in [-0.05, 0) is 49.5 Å². The van der Waals surface area contributed by atoms with Crippen molar-refractivity contribution in [2.45, 2.75) is 31.8 Å². The maximum absolute atomic E-state index is 11.7. The van der Waals surface area contributed by atoms with Gasteiger partial charge in [0.05, 0.1) is 18.0 Å². The molecule has 1 aromatic carbocycles. The highest BCUT2D eigenvalue weighted by Gasteiger charge is 2.27. The molecule has 22 heavy (non-hydrogen) atoms. The Morgan fingerprint density at radius 3 is 2.59 bits per heavy atom. The Morgan fingerprint density at radius 1 is 1.18 bits per heavy atom. The molecule has 6 heteroatoms. The number of aliphatic hydroxyl groups is 1. The minimum absolute atomic E-state index is 0.500. The molecule has 1 atom stereocenters. The number of fused-ring (bicyclic) bond motifs is 1. The van der Waals surface area contributed by atoms with Gasteiger partial charge in [-0.1, -0.05) is 18.6 Å². The molecule has 2 aliphatic rings. The summed E-state index contributed by atoms with van der Waals surface area (Å²) in [6.07, 6.45) is 5.15. The zero-order chi connectivity index (χ0) is 15.7. The first-order valence-electron chi connectivity index (χ1n) is 7.96. The summed E-state index contributed by atoms with van der Waals surface area (Å²) in [6.45, 7) is 3.28. The molecule has 2 aliphatic heterocycles. The number of piperidine rings is 1. The number of anilines is 1. The van der Waals surface area contributed by atoms with Gasteiger partial charge in [-0.3, -0.25) is 4.31 Å². The van der Waals surface area contributed by atoms with Crippen molar-refractivity contribution in [1.29, 1.82) is 0 Å². The van der Waals surface area contributed by atoms with Crippen molar-refractivity contribution < 1.29 is 13.5 Å². The minimum Gasteiger partial charge on any atom is -0.387 e. The summed E-state index contributed by atoms with van der Waals surface area (Å²) in [5.41, 5.74) is 2.66. The second kappa shape index (κ2) is 6.18. The van der Waals surface area contributed by atoms with E-state index in [1.54, 1.807) is 0 Å². The molecule has 0 aliphatic carbocycles. The smallest absolute Gasteiger partial charge is 0.232 e. The number of benzene rings is 1. The van der Waals surface area contributed by atoms with Gasteiger partial charge in [-0.15, -0.1) is 0 Å². The van der Waals surface area contributed by atoms with E-state index in [4.69, 9.17) is 0 Å². The van der Waals surface area contributed by atoms with Gasteiger partial charge in [-0.2, -0.15) is 0 Å². The van der Waals surface area contributed by atoms with Crippen LogP contribution in [0.25, 0.3) is 0 Å². The summed E-state index contributed by atoms with van der Waals surface area (Å²) in [4.78, 5) is 2.31. The van der Waals surface area contributed by atoms with Gasteiger partial charge in [0.15, 0.2) is 0 Å². The van der Waals surface area contributed by atoms with E-state index in [1.807, 2.05) is 18.2 Å². The molecule has 0 aromatic heterocycles. The second-order valence-electron chi connectivity index (χ2n) is 6.35. The van der Waals surface area contributed by atoms with Crippen LogP contribution in [0.5, 0.6) is 0 Å². The molecule has 0 spiro atoms. The molecule has 1 saturated heterocycles. The fourth-order valence-electron chi connectivity index (χ4n) is 3.44. The van der Waals surface area contributed by atoms with E-state index in [2.05, 4.69) is 4.90 Å². The third-order valence-corrected chi connectivity index (χ3v) is 5.80. The van der Waals surface area contributed by atoms with E-state index in [0.29, 0.717) is 19.5 Å². The van der Waals surface area contributed by atoms with E-state index in [9.17, 15) is 13.5 Å². The van der Waals surface area contributed by atoms with E-state index >= 15 is 0 Å². The lowest BCUT2D eigenvalue weighted by Crippen LogP contribution is -2.33. The summed E-state index contributed by atoms with van der Waals surface area (Å²) >= 11 is 0. The normalized spacial score (nSPS) is 20.9. The molecule has 1 unspecified atom stereocenters. The van der Waals surface area contributed by atoms with Crippen LogP contribution in [0.3, 0.4) is 0 Å². The number of hydrogen-bond acceptors (Lipinski definition) is 4. The van der Waals surface area contributed by atoms with E-state index < -0.39 is 16.1 Å². The van der Waals surface area contributed by atoms with Crippen LogP contribution in [0.1, 0.15) is 36.5 Å². The Kier molecular flexibility index (Phi) is 4.43. The van der Waals surface area contributed by atoms with Crippen LogP contribution in [0.4, 0.5) is 5.69 Å². The number of rotatable bonds is 4. The van der Waals surface area contributed by atoms with Gasteiger partial charge in [0.1, 0.15) is 0 Å². The van der Waals surface area contributed by atoms with Gasteiger partial charge in [0, 0.05) is 13.1 Å². The molecule has 3 rings (SSSR count). The Morgan fingerprint density at radius 2 is 1.91 bits per heavy atom. The van der Waals surface area contributed by atoms with E-state index in [1.165, 1.54) is 29.8 Å². The highest BCUT2D eigenvalue weighted by Crippen LogP contribution is 2.32. The van der Waals surface area contributed by atoms with Gasteiger partial charge in [0.2, 0.25) is 10.0 Å². The predicted molar refractivity (Wildman–Crippen MR) is 87.6 cm³/mol. The van der Waals surface area contributed by atoms with Crippen LogP contribution >= 0.6 is 0 Å². The lowest BCUT2D eigenvalue weighted by Gasteiger charge is -2.28. The molecule has 0 radical (unpaired) electrons. The fraction of sp³-hybridized carbons (Fsp3) is 0.625. The lowest BCUT2D eigenvalue weighted by atomic mass is 10.0. The van der Waals surface area contributed by atoms with Crippen LogP contribution in [0.15, 0.2) is 18.2 Å². The molecule has 1 N–H and O–H groups in total. The van der Waals surface area contributed by atoms with Crippen molar-refractivity contribution in [2.24, 2.45) is 0 Å². The van der Waals surface area contributed by atoms with Crippen molar-refractivity contribution in [3.05, 3.63) is 29.3 Å².